The molecule has 0 amide bonds. The minimum absolute atomic E-state index is 0.0308. The maximum atomic E-state index is 15.0. The van der Waals surface area contributed by atoms with Gasteiger partial charge < -0.3 is 34.1 Å². The van der Waals surface area contributed by atoms with E-state index in [1.807, 2.05) is 0 Å². The van der Waals surface area contributed by atoms with Crippen LogP contribution in [0.15, 0.2) is 12.1 Å². The molecule has 38 heavy (non-hydrogen) atoms. The average Bonchev–Trinajstić information content (AvgIpc) is 3.19. The van der Waals surface area contributed by atoms with Gasteiger partial charge in [0.25, 0.3) is 0 Å². The van der Waals surface area contributed by atoms with Crippen LogP contribution < -0.4 is 10.2 Å². The fraction of sp³-hybridized carbons (Fsp3) is 0.750. The van der Waals surface area contributed by atoms with E-state index in [-0.39, 0.29) is 47.1 Å². The van der Waals surface area contributed by atoms with Gasteiger partial charge in [0.05, 0.1) is 24.2 Å². The highest BCUT2D eigenvalue weighted by molar-refractivity contribution is 6.61. The highest BCUT2D eigenvalue weighted by atomic mass is 19.1. The topological polar surface area (TPSA) is 115 Å². The van der Waals surface area contributed by atoms with Gasteiger partial charge in [0.2, 0.25) is 0 Å². The molecule has 3 N–H and O–H groups in total. The summed E-state index contributed by atoms with van der Waals surface area (Å²) >= 11 is 0. The second-order valence-corrected chi connectivity index (χ2v) is 13.2. The number of aliphatic hydroxyl groups is 2. The molecule has 1 spiro atoms. The van der Waals surface area contributed by atoms with Crippen molar-refractivity contribution in [1.82, 2.24) is 0 Å². The maximum Gasteiger partial charge on any atom is 0.494 e. The molecule has 2 heterocycles. The Morgan fingerprint density at radius 2 is 2.03 bits per heavy atom. The lowest BCUT2D eigenvalue weighted by atomic mass is 9.44. The van der Waals surface area contributed by atoms with Gasteiger partial charge in [-0.05, 0) is 66.9 Å². The van der Waals surface area contributed by atoms with Crippen LogP contribution in [0.1, 0.15) is 64.9 Å². The van der Waals surface area contributed by atoms with Crippen LogP contribution in [0, 0.1) is 39.8 Å². The van der Waals surface area contributed by atoms with Crippen LogP contribution in [0.2, 0.25) is 0 Å². The molecule has 8 nitrogen and oxygen atoms in total. The highest BCUT2D eigenvalue weighted by Gasteiger charge is 2.86. The van der Waals surface area contributed by atoms with Gasteiger partial charge in [-0.2, -0.15) is 0 Å². The van der Waals surface area contributed by atoms with Gasteiger partial charge in [0.15, 0.2) is 24.0 Å². The molecule has 6 aliphatic rings. The SMILES string of the molecule is C[C@@H]1CC[C@@]23CCC(O)[C@H]2[C@]1(C)[C@H](OC(=O)COc1ccc2c(c1F)B(O)OC2)C[C@]12CC1(O)O[C@H]2[C@@H]3C. The van der Waals surface area contributed by atoms with Crippen molar-refractivity contribution < 1.29 is 43.3 Å². The molecule has 2 unspecified atom stereocenters. The third-order valence-corrected chi connectivity index (χ3v) is 11.9. The predicted molar refractivity (Wildman–Crippen MR) is 132 cm³/mol. The summed E-state index contributed by atoms with van der Waals surface area (Å²) in [6.07, 6.45) is 3.35. The zero-order chi connectivity index (χ0) is 26.8. The third-order valence-electron chi connectivity index (χ3n) is 11.9. The van der Waals surface area contributed by atoms with Crippen molar-refractivity contribution in [3.05, 3.63) is 23.5 Å². The second-order valence-electron chi connectivity index (χ2n) is 13.2. The monoisotopic (exact) mass is 530 g/mol. The largest absolute Gasteiger partial charge is 0.494 e. The van der Waals surface area contributed by atoms with Crippen molar-refractivity contribution in [2.75, 3.05) is 6.61 Å². The quantitative estimate of drug-likeness (QED) is 0.401. The zero-order valence-electron chi connectivity index (χ0n) is 22.1. The minimum Gasteiger partial charge on any atom is -0.479 e. The van der Waals surface area contributed by atoms with Crippen LogP contribution >= 0.6 is 0 Å². The number of carbonyl (C=O) groups excluding carboxylic acids is 1. The lowest BCUT2D eigenvalue weighted by Gasteiger charge is -2.64. The van der Waals surface area contributed by atoms with E-state index < -0.39 is 54.3 Å². The van der Waals surface area contributed by atoms with E-state index in [1.165, 1.54) is 6.07 Å². The number of halogens is 1. The molecule has 0 radical (unpaired) electrons. The van der Waals surface area contributed by atoms with Gasteiger partial charge >= 0.3 is 13.1 Å². The molecule has 206 valence electrons. The van der Waals surface area contributed by atoms with Crippen molar-refractivity contribution in [2.24, 2.45) is 34.0 Å². The summed E-state index contributed by atoms with van der Waals surface area (Å²) in [4.78, 5) is 13.2. The van der Waals surface area contributed by atoms with Crippen molar-refractivity contribution >= 4 is 18.6 Å². The standard InChI is InChI=1S/C28H36BFO8/c1-14-6-8-26-9-7-17(31)23(26)25(14,3)19(10-27-13-28(27,33)38-24(27)15(26)2)37-20(32)12-35-18-5-4-16-11-36-29(34)21(16)22(18)30/h4-5,14-15,17,19,23-24,31,33-34H,6-13H2,1-3H3/t14-,15+,17?,19-,23+,24+,25+,26+,27-,28?/m1/s1. The summed E-state index contributed by atoms with van der Waals surface area (Å²) in [5.74, 6) is -2.38. The van der Waals surface area contributed by atoms with Crippen LogP contribution in [0.25, 0.3) is 0 Å². The van der Waals surface area contributed by atoms with E-state index in [9.17, 15) is 24.4 Å². The van der Waals surface area contributed by atoms with E-state index in [0.717, 1.165) is 19.3 Å². The average molecular weight is 530 g/mol. The van der Waals surface area contributed by atoms with Crippen LogP contribution in [0.4, 0.5) is 4.39 Å². The van der Waals surface area contributed by atoms with Gasteiger partial charge in [-0.1, -0.05) is 26.8 Å². The van der Waals surface area contributed by atoms with E-state index in [0.29, 0.717) is 24.8 Å². The number of carbonyl (C=O) groups is 1. The normalized spacial score (nSPS) is 48.0. The number of esters is 1. The third kappa shape index (κ3) is 3.01. The van der Waals surface area contributed by atoms with Gasteiger partial charge in [-0.15, -0.1) is 0 Å². The first-order valence-electron chi connectivity index (χ1n) is 14.0. The first-order valence-corrected chi connectivity index (χ1v) is 14.0. The molecule has 1 aromatic carbocycles. The Bertz CT molecular complexity index is 1200. The Labute approximate surface area is 221 Å². The molecule has 10 atom stereocenters. The lowest BCUT2D eigenvalue weighted by molar-refractivity contribution is -0.334. The second kappa shape index (κ2) is 7.94. The highest BCUT2D eigenvalue weighted by Crippen LogP contribution is 2.79. The summed E-state index contributed by atoms with van der Waals surface area (Å²) in [5.41, 5.74) is -0.523. The Morgan fingerprint density at radius 3 is 2.76 bits per heavy atom. The molecular formula is C28H36BFO8. The smallest absolute Gasteiger partial charge is 0.479 e. The lowest BCUT2D eigenvalue weighted by Crippen LogP contribution is -2.66. The number of rotatable bonds is 4. The van der Waals surface area contributed by atoms with Crippen LogP contribution in [-0.4, -0.2) is 59.0 Å². The molecule has 10 heteroatoms. The molecule has 1 aromatic rings. The molecule has 7 rings (SSSR count). The maximum absolute atomic E-state index is 15.0. The molecule has 4 saturated carbocycles. The number of hydrogen-bond acceptors (Lipinski definition) is 8. The predicted octanol–water partition coefficient (Wildman–Crippen LogP) is 2.04. The molecule has 5 fully saturated rings. The Balaban J connectivity index is 1.18. The van der Waals surface area contributed by atoms with Crippen molar-refractivity contribution in [2.45, 2.75) is 90.0 Å². The van der Waals surface area contributed by atoms with E-state index >= 15 is 0 Å². The fourth-order valence-corrected chi connectivity index (χ4v) is 9.57. The Hall–Kier alpha value is -1.72. The minimum atomic E-state index is -1.36. The molecule has 2 aliphatic heterocycles. The van der Waals surface area contributed by atoms with E-state index in [4.69, 9.17) is 18.9 Å². The molecule has 2 bridgehead atoms. The van der Waals surface area contributed by atoms with E-state index in [2.05, 4.69) is 20.8 Å². The van der Waals surface area contributed by atoms with Crippen molar-refractivity contribution in [3.63, 3.8) is 0 Å². The van der Waals surface area contributed by atoms with Gasteiger partial charge in [0, 0.05) is 17.3 Å². The molecule has 1 saturated heterocycles. The molecule has 0 aromatic heterocycles. The van der Waals surface area contributed by atoms with Crippen LogP contribution in [0.5, 0.6) is 5.75 Å². The number of hydrogen-bond donors (Lipinski definition) is 3. The van der Waals surface area contributed by atoms with Gasteiger partial charge in [0.1, 0.15) is 6.10 Å². The number of aliphatic hydroxyl groups excluding tert-OH is 1. The molecule has 4 aliphatic carbocycles. The summed E-state index contributed by atoms with van der Waals surface area (Å²) in [6, 6.07) is 3.04. The van der Waals surface area contributed by atoms with Crippen LogP contribution in [-0.2, 0) is 25.5 Å². The summed E-state index contributed by atoms with van der Waals surface area (Å²) in [7, 11) is -1.36. The summed E-state index contributed by atoms with van der Waals surface area (Å²) < 4.78 is 37.9. The summed E-state index contributed by atoms with van der Waals surface area (Å²) in [6.45, 7) is 6.16. The first kappa shape index (κ1) is 25.3. The summed E-state index contributed by atoms with van der Waals surface area (Å²) in [5, 5.41) is 32.3. The Morgan fingerprint density at radius 1 is 1.26 bits per heavy atom. The first-order chi connectivity index (χ1) is 18.0. The zero-order valence-corrected chi connectivity index (χ0v) is 22.1. The molecular weight excluding hydrogens is 494 g/mol. The van der Waals surface area contributed by atoms with Crippen molar-refractivity contribution in [3.8, 4) is 5.75 Å². The van der Waals surface area contributed by atoms with Gasteiger partial charge in [-0.25, -0.2) is 9.18 Å². The number of ether oxygens (including phenoxy) is 3. The fourth-order valence-electron chi connectivity index (χ4n) is 9.57. The van der Waals surface area contributed by atoms with Crippen LogP contribution in [0.3, 0.4) is 0 Å². The number of fused-ring (bicyclic) bond motifs is 1. The Kier molecular flexibility index (Phi) is 5.28. The number of benzene rings is 1. The van der Waals surface area contributed by atoms with Gasteiger partial charge in [-0.3, -0.25) is 0 Å². The van der Waals surface area contributed by atoms with E-state index in [1.54, 1.807) is 6.07 Å². The van der Waals surface area contributed by atoms with Crippen molar-refractivity contribution in [1.29, 1.82) is 0 Å².